The van der Waals surface area contributed by atoms with Crippen LogP contribution in [0.4, 0.5) is 0 Å². The summed E-state index contributed by atoms with van der Waals surface area (Å²) in [5, 5.41) is 10.3. The maximum Gasteiger partial charge on any atom is 0.306 e. The summed E-state index contributed by atoms with van der Waals surface area (Å²) in [6, 6.07) is 0. The summed E-state index contributed by atoms with van der Waals surface area (Å²) in [7, 11) is 0. The van der Waals surface area contributed by atoms with Crippen molar-refractivity contribution in [3.8, 4) is 0 Å². The van der Waals surface area contributed by atoms with Gasteiger partial charge >= 0.3 is 5.97 Å². The Bertz CT molecular complexity index is 843. The Morgan fingerprint density at radius 2 is 1.58 bits per heavy atom. The molecule has 3 nitrogen and oxygen atoms in total. The van der Waals surface area contributed by atoms with Gasteiger partial charge in [-0.2, -0.15) is 0 Å². The summed E-state index contributed by atoms with van der Waals surface area (Å²) in [6.45, 7) is 14.0. The van der Waals surface area contributed by atoms with Crippen LogP contribution in [-0.2, 0) is 9.59 Å². The van der Waals surface area contributed by atoms with Gasteiger partial charge in [-0.05, 0) is 103 Å². The van der Waals surface area contributed by atoms with Gasteiger partial charge in [0.2, 0.25) is 0 Å². The van der Waals surface area contributed by atoms with E-state index in [2.05, 4.69) is 41.5 Å². The summed E-state index contributed by atoms with van der Waals surface area (Å²) in [6.07, 6.45) is 13.5. The molecule has 1 N–H and O–H groups in total. The van der Waals surface area contributed by atoms with Crippen LogP contribution in [0.25, 0.3) is 0 Å². The molecule has 8 atom stereocenters. The zero-order valence-electron chi connectivity index (χ0n) is 22.1. The number of hydrogen-bond acceptors (Lipinski definition) is 2. The first-order valence-corrected chi connectivity index (χ1v) is 14.1. The normalized spacial score (nSPS) is 48.5. The lowest BCUT2D eigenvalue weighted by atomic mass is 9.42. The van der Waals surface area contributed by atoms with E-state index in [1.54, 1.807) is 0 Å². The Hall–Kier alpha value is -0.860. The quantitative estimate of drug-likeness (QED) is 0.449. The number of rotatable bonds is 6. The third-order valence-electron chi connectivity index (χ3n) is 13.0. The summed E-state index contributed by atoms with van der Waals surface area (Å²) in [5.74, 6) is 2.02. The Kier molecular flexibility index (Phi) is 5.30. The van der Waals surface area contributed by atoms with Gasteiger partial charge in [0.05, 0.1) is 5.92 Å². The largest absolute Gasteiger partial charge is 0.481 e. The summed E-state index contributed by atoms with van der Waals surface area (Å²) < 4.78 is 0. The number of aliphatic carboxylic acids is 1. The Morgan fingerprint density at radius 1 is 0.909 bits per heavy atom. The molecule has 33 heavy (non-hydrogen) atoms. The van der Waals surface area contributed by atoms with Crippen molar-refractivity contribution in [2.24, 2.45) is 56.7 Å². The van der Waals surface area contributed by atoms with Crippen molar-refractivity contribution in [2.45, 2.75) is 119 Å². The standard InChI is InChI=1S/C30H48O3/c1-19(2)8-7-9-20(25(32)33)21-12-14-28(6)23-11-10-22-26(3,4)24(31)13-15-29(22)18-30(23,29)17-16-27(21,28)5/h19-23H,7-18H2,1-6H3,(H,32,33)/t20-,21-,22-,23+,27-,28+,29-,30+/m1/s1. The van der Waals surface area contributed by atoms with Gasteiger partial charge in [0.1, 0.15) is 5.78 Å². The van der Waals surface area contributed by atoms with Gasteiger partial charge < -0.3 is 5.11 Å². The number of ketones is 1. The van der Waals surface area contributed by atoms with Gasteiger partial charge in [-0.15, -0.1) is 0 Å². The highest BCUT2D eigenvalue weighted by atomic mass is 16.4. The molecule has 5 aliphatic rings. The zero-order valence-corrected chi connectivity index (χ0v) is 22.1. The van der Waals surface area contributed by atoms with Crippen LogP contribution in [0.2, 0.25) is 0 Å². The first kappa shape index (κ1) is 23.9. The Labute approximate surface area is 201 Å². The molecule has 5 saturated carbocycles. The maximum atomic E-state index is 12.8. The molecule has 0 bridgehead atoms. The topological polar surface area (TPSA) is 54.4 Å². The average Bonchev–Trinajstić information content (AvgIpc) is 3.32. The smallest absolute Gasteiger partial charge is 0.306 e. The number of carbonyl (C=O) groups is 2. The van der Waals surface area contributed by atoms with Crippen LogP contribution in [0.15, 0.2) is 0 Å². The van der Waals surface area contributed by atoms with Crippen LogP contribution in [0.3, 0.4) is 0 Å². The molecule has 0 saturated heterocycles. The van der Waals surface area contributed by atoms with E-state index in [1.807, 2.05) is 0 Å². The number of carboxylic acids is 1. The second kappa shape index (κ2) is 7.33. The van der Waals surface area contributed by atoms with E-state index >= 15 is 0 Å². The van der Waals surface area contributed by atoms with Crippen molar-refractivity contribution in [3.05, 3.63) is 0 Å². The van der Waals surface area contributed by atoms with Crippen LogP contribution >= 0.6 is 0 Å². The molecule has 186 valence electrons. The Balaban J connectivity index is 1.43. The van der Waals surface area contributed by atoms with E-state index in [1.165, 1.54) is 38.5 Å². The van der Waals surface area contributed by atoms with Gasteiger partial charge in [0.25, 0.3) is 0 Å². The summed E-state index contributed by atoms with van der Waals surface area (Å²) in [4.78, 5) is 25.3. The molecule has 0 aromatic rings. The first-order chi connectivity index (χ1) is 15.4. The molecular weight excluding hydrogens is 408 g/mol. The highest BCUT2D eigenvalue weighted by Crippen LogP contribution is 2.88. The average molecular weight is 457 g/mol. The van der Waals surface area contributed by atoms with Crippen LogP contribution in [0.5, 0.6) is 0 Å². The molecule has 5 fully saturated rings. The number of hydrogen-bond donors (Lipinski definition) is 1. The minimum atomic E-state index is -0.548. The predicted octanol–water partition coefficient (Wildman–Crippen LogP) is 7.52. The maximum absolute atomic E-state index is 12.8. The van der Waals surface area contributed by atoms with Gasteiger partial charge in [-0.3, -0.25) is 9.59 Å². The second-order valence-corrected chi connectivity index (χ2v) is 14.6. The molecular formula is C30H48O3. The van der Waals surface area contributed by atoms with Gasteiger partial charge in [-0.25, -0.2) is 0 Å². The molecule has 5 aliphatic carbocycles. The van der Waals surface area contributed by atoms with E-state index in [9.17, 15) is 14.7 Å². The molecule has 0 heterocycles. The fourth-order valence-corrected chi connectivity index (χ4v) is 11.1. The third-order valence-corrected chi connectivity index (χ3v) is 13.0. The van der Waals surface area contributed by atoms with Gasteiger partial charge in [-0.1, -0.05) is 54.4 Å². The van der Waals surface area contributed by atoms with Crippen molar-refractivity contribution in [1.29, 1.82) is 0 Å². The molecule has 0 aromatic carbocycles. The molecule has 0 aromatic heterocycles. The third kappa shape index (κ3) is 2.92. The lowest BCUT2D eigenvalue weighted by Gasteiger charge is -2.62. The highest BCUT2D eigenvalue weighted by Gasteiger charge is 2.82. The SMILES string of the molecule is CC(C)CCC[C@@H](C(=O)O)[C@H]1CC[C@@]2(C)[C@@H]3CC[C@@H]4C(C)(C)C(=O)CC[C@@]45C[C@@]35CC[C@]12C. The molecule has 2 spiro atoms. The Morgan fingerprint density at radius 3 is 2.24 bits per heavy atom. The molecule has 0 unspecified atom stereocenters. The van der Waals surface area contributed by atoms with Crippen molar-refractivity contribution < 1.29 is 14.7 Å². The lowest BCUT2D eigenvalue weighted by molar-refractivity contribution is -0.162. The van der Waals surface area contributed by atoms with Crippen LogP contribution in [-0.4, -0.2) is 16.9 Å². The van der Waals surface area contributed by atoms with Crippen molar-refractivity contribution in [1.82, 2.24) is 0 Å². The summed E-state index contributed by atoms with van der Waals surface area (Å²) in [5.41, 5.74) is 1.08. The van der Waals surface area contributed by atoms with Crippen LogP contribution in [0, 0.1) is 56.7 Å². The lowest BCUT2D eigenvalue weighted by Crippen LogP contribution is -2.57. The number of carbonyl (C=O) groups excluding carboxylic acids is 1. The minimum absolute atomic E-state index is 0.139. The number of Topliss-reactive ketones (excluding diaryl/α,β-unsaturated/α-hetero) is 1. The molecule has 0 amide bonds. The van der Waals surface area contributed by atoms with Crippen molar-refractivity contribution >= 4 is 11.8 Å². The molecule has 0 radical (unpaired) electrons. The zero-order chi connectivity index (χ0) is 24.0. The van der Waals surface area contributed by atoms with E-state index in [4.69, 9.17) is 0 Å². The predicted molar refractivity (Wildman–Crippen MR) is 132 cm³/mol. The van der Waals surface area contributed by atoms with Gasteiger partial charge in [0.15, 0.2) is 0 Å². The van der Waals surface area contributed by atoms with E-state index in [0.717, 1.165) is 44.4 Å². The van der Waals surface area contributed by atoms with Gasteiger partial charge in [0, 0.05) is 11.8 Å². The fourth-order valence-electron chi connectivity index (χ4n) is 11.1. The molecule has 5 rings (SSSR count). The molecule has 3 heteroatoms. The monoisotopic (exact) mass is 456 g/mol. The van der Waals surface area contributed by atoms with E-state index < -0.39 is 5.97 Å². The van der Waals surface area contributed by atoms with Crippen LogP contribution < -0.4 is 0 Å². The number of carboxylic acid groups (broad SMARTS) is 1. The first-order valence-electron chi connectivity index (χ1n) is 14.1. The summed E-state index contributed by atoms with van der Waals surface area (Å²) >= 11 is 0. The second-order valence-electron chi connectivity index (χ2n) is 14.6. The van der Waals surface area contributed by atoms with E-state index in [0.29, 0.717) is 34.4 Å². The molecule has 0 aliphatic heterocycles. The van der Waals surface area contributed by atoms with Crippen molar-refractivity contribution in [2.75, 3.05) is 0 Å². The van der Waals surface area contributed by atoms with Crippen molar-refractivity contribution in [3.63, 3.8) is 0 Å². The number of fused-ring (bicyclic) bond motifs is 2. The van der Waals surface area contributed by atoms with E-state index in [-0.39, 0.29) is 22.2 Å². The fraction of sp³-hybridized carbons (Fsp3) is 0.933. The minimum Gasteiger partial charge on any atom is -0.481 e. The van der Waals surface area contributed by atoms with Crippen LogP contribution in [0.1, 0.15) is 119 Å². The highest BCUT2D eigenvalue weighted by molar-refractivity contribution is 5.86.